The van der Waals surface area contributed by atoms with Crippen LogP contribution in [0.4, 0.5) is 5.95 Å². The van der Waals surface area contributed by atoms with Gasteiger partial charge in [0.15, 0.2) is 0 Å². The number of benzene rings is 1. The summed E-state index contributed by atoms with van der Waals surface area (Å²) in [4.78, 5) is 17.0. The summed E-state index contributed by atoms with van der Waals surface area (Å²) in [6, 6.07) is 12.4. The molecule has 0 saturated heterocycles. The van der Waals surface area contributed by atoms with Gasteiger partial charge in [-0.2, -0.15) is 5.10 Å². The van der Waals surface area contributed by atoms with E-state index in [-0.39, 0.29) is 11.6 Å². The summed E-state index contributed by atoms with van der Waals surface area (Å²) in [5.74, 6) is 1.50. The van der Waals surface area contributed by atoms with E-state index in [0.717, 1.165) is 48.4 Å². The average Bonchev–Trinajstić information content (AvgIpc) is 3.49. The number of aromatic nitrogens is 4. The lowest BCUT2D eigenvalue weighted by atomic mass is 9.91. The van der Waals surface area contributed by atoms with Gasteiger partial charge in [-0.3, -0.25) is 4.79 Å². The molecule has 0 amide bonds. The molecule has 2 aliphatic rings. The zero-order chi connectivity index (χ0) is 18.4. The number of hydrogen-bond donors (Lipinski definition) is 1. The fourth-order valence-electron chi connectivity index (χ4n) is 4.22. The van der Waals surface area contributed by atoms with Gasteiger partial charge >= 0.3 is 0 Å². The van der Waals surface area contributed by atoms with E-state index in [1.165, 1.54) is 12.8 Å². The summed E-state index contributed by atoms with van der Waals surface area (Å²) in [5.41, 5.74) is 3.28. The van der Waals surface area contributed by atoms with Gasteiger partial charge in [0.25, 0.3) is 5.56 Å². The highest BCUT2D eigenvalue weighted by atomic mass is 16.1. The van der Waals surface area contributed by atoms with Crippen molar-refractivity contribution in [2.45, 2.75) is 56.5 Å². The minimum atomic E-state index is 0.0335. The van der Waals surface area contributed by atoms with Gasteiger partial charge in [0, 0.05) is 25.1 Å². The molecule has 1 N–H and O–H groups in total. The molecule has 5 rings (SSSR count). The van der Waals surface area contributed by atoms with Crippen LogP contribution in [0.2, 0.25) is 0 Å². The zero-order valence-electron chi connectivity index (χ0n) is 15.6. The Kier molecular flexibility index (Phi) is 3.99. The van der Waals surface area contributed by atoms with E-state index in [2.05, 4.69) is 28.1 Å². The Labute approximate surface area is 158 Å². The van der Waals surface area contributed by atoms with Gasteiger partial charge < -0.3 is 9.88 Å². The second-order valence-electron chi connectivity index (χ2n) is 7.95. The van der Waals surface area contributed by atoms with Crippen LogP contribution in [0, 0.1) is 0 Å². The number of para-hydroxylation sites is 2. The molecular formula is C21H25N5O. The first-order valence-electron chi connectivity index (χ1n) is 9.97. The van der Waals surface area contributed by atoms with Crippen molar-refractivity contribution in [1.82, 2.24) is 19.3 Å². The Morgan fingerprint density at radius 1 is 1.00 bits per heavy atom. The normalized spacial score (nSPS) is 22.9. The topological polar surface area (TPSA) is 64.7 Å². The largest absolute Gasteiger partial charge is 0.353 e. The second kappa shape index (κ2) is 6.51. The molecular weight excluding hydrogens is 338 g/mol. The van der Waals surface area contributed by atoms with Crippen molar-refractivity contribution in [3.63, 3.8) is 0 Å². The van der Waals surface area contributed by atoms with Gasteiger partial charge in [-0.1, -0.05) is 12.1 Å². The molecule has 27 heavy (non-hydrogen) atoms. The summed E-state index contributed by atoms with van der Waals surface area (Å²) >= 11 is 0. The van der Waals surface area contributed by atoms with E-state index in [4.69, 9.17) is 4.98 Å². The van der Waals surface area contributed by atoms with E-state index >= 15 is 0 Å². The lowest BCUT2D eigenvalue weighted by Gasteiger charge is -2.30. The molecule has 2 fully saturated rings. The zero-order valence-corrected chi connectivity index (χ0v) is 15.6. The first-order chi connectivity index (χ1) is 13.2. The van der Waals surface area contributed by atoms with Crippen molar-refractivity contribution in [2.75, 3.05) is 5.32 Å². The third-order valence-electron chi connectivity index (χ3n) is 6.00. The Morgan fingerprint density at radius 3 is 2.52 bits per heavy atom. The highest BCUT2D eigenvalue weighted by Gasteiger charge is 2.28. The van der Waals surface area contributed by atoms with Crippen LogP contribution < -0.4 is 10.9 Å². The summed E-state index contributed by atoms with van der Waals surface area (Å²) in [7, 11) is 2.05. The molecule has 0 aliphatic heterocycles. The lowest BCUT2D eigenvalue weighted by Crippen LogP contribution is -2.33. The van der Waals surface area contributed by atoms with Crippen molar-refractivity contribution < 1.29 is 0 Å². The predicted octanol–water partition coefficient (Wildman–Crippen LogP) is 3.60. The molecule has 1 aromatic carbocycles. The Morgan fingerprint density at radius 2 is 1.78 bits per heavy atom. The molecule has 2 heterocycles. The SMILES string of the molecule is Cn1c(NC2CCC(n3nc(C4CC4)ccc3=O)CC2)nc2ccccc21. The van der Waals surface area contributed by atoms with Gasteiger partial charge in [-0.05, 0) is 56.7 Å². The Hall–Kier alpha value is -2.63. The summed E-state index contributed by atoms with van der Waals surface area (Å²) in [6.07, 6.45) is 6.41. The third kappa shape index (κ3) is 3.13. The van der Waals surface area contributed by atoms with Gasteiger partial charge in [-0.15, -0.1) is 0 Å². The maximum Gasteiger partial charge on any atom is 0.267 e. The molecule has 0 unspecified atom stereocenters. The number of fused-ring (bicyclic) bond motifs is 1. The van der Waals surface area contributed by atoms with Crippen molar-refractivity contribution in [3.8, 4) is 0 Å². The van der Waals surface area contributed by atoms with Gasteiger partial charge in [0.2, 0.25) is 5.95 Å². The number of anilines is 1. The molecule has 140 valence electrons. The summed E-state index contributed by atoms with van der Waals surface area (Å²) in [6.45, 7) is 0. The monoisotopic (exact) mass is 363 g/mol. The van der Waals surface area contributed by atoms with Crippen LogP contribution in [-0.2, 0) is 7.05 Å². The molecule has 2 aromatic heterocycles. The van der Waals surface area contributed by atoms with Crippen LogP contribution in [0.5, 0.6) is 0 Å². The molecule has 6 heteroatoms. The molecule has 2 saturated carbocycles. The molecule has 0 atom stereocenters. The van der Waals surface area contributed by atoms with Gasteiger partial charge in [0.1, 0.15) is 0 Å². The summed E-state index contributed by atoms with van der Waals surface area (Å²) in [5, 5.41) is 8.29. The van der Waals surface area contributed by atoms with Crippen molar-refractivity contribution in [3.05, 3.63) is 52.4 Å². The van der Waals surface area contributed by atoms with Crippen molar-refractivity contribution in [2.24, 2.45) is 7.05 Å². The predicted molar refractivity (Wildman–Crippen MR) is 106 cm³/mol. The number of aryl methyl sites for hydroxylation is 1. The minimum absolute atomic E-state index is 0.0335. The van der Waals surface area contributed by atoms with Crippen LogP contribution in [0.1, 0.15) is 56.2 Å². The number of rotatable bonds is 4. The standard InChI is InChI=1S/C21H25N5O/c1-25-19-5-3-2-4-18(19)23-21(25)22-15-8-10-16(11-9-15)26-20(27)13-12-17(24-26)14-6-7-14/h2-5,12-16H,6-11H2,1H3,(H,22,23). The smallest absolute Gasteiger partial charge is 0.267 e. The van der Waals surface area contributed by atoms with E-state index in [1.54, 1.807) is 10.7 Å². The van der Waals surface area contributed by atoms with Crippen molar-refractivity contribution in [1.29, 1.82) is 0 Å². The Bertz CT molecular complexity index is 1020. The quantitative estimate of drug-likeness (QED) is 0.769. The molecule has 2 aliphatic carbocycles. The Balaban J connectivity index is 1.28. The second-order valence-corrected chi connectivity index (χ2v) is 7.95. The minimum Gasteiger partial charge on any atom is -0.353 e. The fraction of sp³-hybridized carbons (Fsp3) is 0.476. The first kappa shape index (κ1) is 16.5. The molecule has 0 spiro atoms. The number of nitrogens with zero attached hydrogens (tertiary/aromatic N) is 4. The van der Waals surface area contributed by atoms with Crippen LogP contribution >= 0.6 is 0 Å². The lowest BCUT2D eigenvalue weighted by molar-refractivity contribution is 0.301. The van der Waals surface area contributed by atoms with Gasteiger partial charge in [-0.25, -0.2) is 9.67 Å². The number of imidazole rings is 1. The number of nitrogens with one attached hydrogen (secondary N) is 1. The maximum atomic E-state index is 12.3. The highest BCUT2D eigenvalue weighted by Crippen LogP contribution is 2.39. The molecule has 0 bridgehead atoms. The maximum absolute atomic E-state index is 12.3. The number of hydrogen-bond acceptors (Lipinski definition) is 4. The van der Waals surface area contributed by atoms with E-state index < -0.39 is 0 Å². The van der Waals surface area contributed by atoms with Crippen LogP contribution in [-0.4, -0.2) is 25.4 Å². The van der Waals surface area contributed by atoms with Crippen molar-refractivity contribution >= 4 is 17.0 Å². The van der Waals surface area contributed by atoms with E-state index in [0.29, 0.717) is 12.0 Å². The molecule has 3 aromatic rings. The average molecular weight is 363 g/mol. The van der Waals surface area contributed by atoms with Crippen LogP contribution in [0.3, 0.4) is 0 Å². The molecule has 0 radical (unpaired) electrons. The molecule has 6 nitrogen and oxygen atoms in total. The van der Waals surface area contributed by atoms with Gasteiger partial charge in [0.05, 0.1) is 22.8 Å². The highest BCUT2D eigenvalue weighted by molar-refractivity contribution is 5.78. The van der Waals surface area contributed by atoms with E-state index in [1.807, 2.05) is 24.3 Å². The van der Waals surface area contributed by atoms with Crippen LogP contribution in [0.15, 0.2) is 41.2 Å². The van der Waals surface area contributed by atoms with Crippen LogP contribution in [0.25, 0.3) is 11.0 Å². The summed E-state index contributed by atoms with van der Waals surface area (Å²) < 4.78 is 3.87. The first-order valence-corrected chi connectivity index (χ1v) is 9.97. The van der Waals surface area contributed by atoms with E-state index in [9.17, 15) is 4.79 Å². The third-order valence-corrected chi connectivity index (χ3v) is 6.00. The fourth-order valence-corrected chi connectivity index (χ4v) is 4.22.